The highest BCUT2D eigenvalue weighted by Crippen LogP contribution is 2.33. The summed E-state index contributed by atoms with van der Waals surface area (Å²) in [5.41, 5.74) is 5.73. The summed E-state index contributed by atoms with van der Waals surface area (Å²) in [7, 11) is 0. The lowest BCUT2D eigenvalue weighted by Gasteiger charge is -2.23. The van der Waals surface area contributed by atoms with Crippen molar-refractivity contribution in [3.63, 3.8) is 0 Å². The molecule has 1 saturated heterocycles. The summed E-state index contributed by atoms with van der Waals surface area (Å²) in [5, 5.41) is 12.3. The first-order valence-corrected chi connectivity index (χ1v) is 10.3. The number of rotatable bonds is 4. The average molecular weight is 342 g/mol. The Morgan fingerprint density at radius 2 is 1.80 bits per heavy atom. The van der Waals surface area contributed by atoms with E-state index in [1.807, 2.05) is 0 Å². The molecule has 0 saturated carbocycles. The number of hydrogen-bond acceptors (Lipinski definition) is 1. The molecule has 2 heterocycles. The van der Waals surface area contributed by atoms with E-state index in [2.05, 4.69) is 29.7 Å². The second-order valence-electron chi connectivity index (χ2n) is 8.29. The number of hydrogen-bond donors (Lipinski definition) is 2. The van der Waals surface area contributed by atoms with E-state index in [4.69, 9.17) is 0 Å². The first-order chi connectivity index (χ1) is 12.2. The van der Waals surface area contributed by atoms with Gasteiger partial charge in [-0.3, -0.25) is 0 Å². The highest BCUT2D eigenvalue weighted by molar-refractivity contribution is 5.86. The van der Waals surface area contributed by atoms with Crippen molar-refractivity contribution < 1.29 is 10.0 Å². The number of nitrogens with one attached hydrogen (secondary N) is 1. The molecule has 136 valence electrons. The van der Waals surface area contributed by atoms with Crippen LogP contribution in [-0.4, -0.2) is 35.4 Å². The van der Waals surface area contributed by atoms with Crippen molar-refractivity contribution in [3.8, 4) is 0 Å². The van der Waals surface area contributed by atoms with E-state index in [0.717, 1.165) is 13.1 Å². The Hall–Kier alpha value is -1.32. The zero-order valence-electron chi connectivity index (χ0n) is 15.7. The van der Waals surface area contributed by atoms with Gasteiger partial charge in [0.2, 0.25) is 0 Å². The van der Waals surface area contributed by atoms with Gasteiger partial charge in [0.1, 0.15) is 12.6 Å². The number of quaternary nitrogens is 1. The van der Waals surface area contributed by atoms with Crippen LogP contribution in [0.1, 0.15) is 55.3 Å². The molecule has 1 aliphatic heterocycles. The minimum absolute atomic E-state index is 0.240. The van der Waals surface area contributed by atoms with Gasteiger partial charge in [0.25, 0.3) is 0 Å². The van der Waals surface area contributed by atoms with Crippen molar-refractivity contribution in [1.82, 2.24) is 4.57 Å². The van der Waals surface area contributed by atoms with Gasteiger partial charge in [0.15, 0.2) is 0 Å². The fraction of sp³-hybridized carbons (Fsp3) is 0.636. The SMILES string of the molecule is Cc1ccc2c(c1)c1c(n2CC(O)C[NH+]2CCCCCC2)CCCC1. The Morgan fingerprint density at radius 3 is 2.60 bits per heavy atom. The van der Waals surface area contributed by atoms with Crippen LogP contribution in [0.3, 0.4) is 0 Å². The summed E-state index contributed by atoms with van der Waals surface area (Å²) in [6.07, 6.45) is 10.1. The number of benzene rings is 1. The van der Waals surface area contributed by atoms with Gasteiger partial charge in [0, 0.05) is 16.6 Å². The maximum atomic E-state index is 10.8. The molecular formula is C22H33N2O+. The second-order valence-corrected chi connectivity index (χ2v) is 8.29. The van der Waals surface area contributed by atoms with Crippen LogP contribution < -0.4 is 4.90 Å². The number of aryl methyl sites for hydroxylation is 2. The first kappa shape index (κ1) is 17.1. The third kappa shape index (κ3) is 3.63. The molecule has 0 radical (unpaired) electrons. The van der Waals surface area contributed by atoms with Gasteiger partial charge in [0.05, 0.1) is 19.6 Å². The van der Waals surface area contributed by atoms with Gasteiger partial charge in [-0.05, 0) is 76.0 Å². The average Bonchev–Trinajstić information content (AvgIpc) is 2.77. The molecule has 3 nitrogen and oxygen atoms in total. The van der Waals surface area contributed by atoms with E-state index >= 15 is 0 Å². The van der Waals surface area contributed by atoms with Gasteiger partial charge in [-0.1, -0.05) is 11.6 Å². The Bertz CT molecular complexity index is 725. The maximum absolute atomic E-state index is 10.8. The quantitative estimate of drug-likeness (QED) is 0.880. The Labute approximate surface area is 151 Å². The maximum Gasteiger partial charge on any atom is 0.121 e. The van der Waals surface area contributed by atoms with E-state index in [0.29, 0.717) is 0 Å². The molecule has 2 aliphatic rings. The molecule has 1 aromatic heterocycles. The van der Waals surface area contributed by atoms with Crippen LogP contribution in [0.15, 0.2) is 18.2 Å². The number of aromatic nitrogens is 1. The molecule has 3 heteroatoms. The topological polar surface area (TPSA) is 29.6 Å². The smallest absolute Gasteiger partial charge is 0.121 e. The first-order valence-electron chi connectivity index (χ1n) is 10.3. The number of aliphatic hydroxyl groups excluding tert-OH is 1. The lowest BCUT2D eigenvalue weighted by atomic mass is 9.95. The minimum atomic E-state index is -0.240. The second kappa shape index (κ2) is 7.51. The summed E-state index contributed by atoms with van der Waals surface area (Å²) >= 11 is 0. The van der Waals surface area contributed by atoms with Gasteiger partial charge >= 0.3 is 0 Å². The molecule has 0 spiro atoms. The van der Waals surface area contributed by atoms with Crippen LogP contribution in [-0.2, 0) is 19.4 Å². The third-order valence-electron chi connectivity index (χ3n) is 6.26. The van der Waals surface area contributed by atoms with Crippen molar-refractivity contribution in [2.45, 2.75) is 70.9 Å². The lowest BCUT2D eigenvalue weighted by Crippen LogP contribution is -3.13. The molecule has 4 rings (SSSR count). The molecule has 1 aromatic carbocycles. The normalized spacial score (nSPS) is 20.4. The third-order valence-corrected chi connectivity index (χ3v) is 6.26. The predicted molar refractivity (Wildman–Crippen MR) is 103 cm³/mol. The number of aliphatic hydroxyl groups is 1. The molecule has 2 aromatic rings. The van der Waals surface area contributed by atoms with Crippen molar-refractivity contribution >= 4 is 10.9 Å². The van der Waals surface area contributed by atoms with Gasteiger partial charge < -0.3 is 14.6 Å². The van der Waals surface area contributed by atoms with Crippen molar-refractivity contribution in [3.05, 3.63) is 35.0 Å². The molecule has 0 amide bonds. The largest absolute Gasteiger partial charge is 0.385 e. The molecule has 1 aliphatic carbocycles. The van der Waals surface area contributed by atoms with Gasteiger partial charge in [-0.25, -0.2) is 0 Å². The summed E-state index contributed by atoms with van der Waals surface area (Å²) in [6, 6.07) is 6.84. The fourth-order valence-corrected chi connectivity index (χ4v) is 5.00. The van der Waals surface area contributed by atoms with E-state index in [1.54, 1.807) is 10.5 Å². The summed E-state index contributed by atoms with van der Waals surface area (Å²) in [5.74, 6) is 0. The number of fused-ring (bicyclic) bond motifs is 3. The van der Waals surface area contributed by atoms with Crippen LogP contribution in [0.2, 0.25) is 0 Å². The van der Waals surface area contributed by atoms with E-state index in [9.17, 15) is 5.11 Å². The number of likely N-dealkylation sites (tertiary alicyclic amines) is 1. The van der Waals surface area contributed by atoms with Gasteiger partial charge in [-0.2, -0.15) is 0 Å². The lowest BCUT2D eigenvalue weighted by molar-refractivity contribution is -0.902. The van der Waals surface area contributed by atoms with Crippen LogP contribution in [0.5, 0.6) is 0 Å². The molecule has 1 unspecified atom stereocenters. The van der Waals surface area contributed by atoms with Crippen molar-refractivity contribution in [2.24, 2.45) is 0 Å². The summed E-state index contributed by atoms with van der Waals surface area (Å²) < 4.78 is 2.45. The van der Waals surface area contributed by atoms with Crippen LogP contribution in [0.25, 0.3) is 10.9 Å². The Kier molecular flexibility index (Phi) is 5.14. The van der Waals surface area contributed by atoms with E-state index in [1.165, 1.54) is 86.6 Å². The highest BCUT2D eigenvalue weighted by Gasteiger charge is 2.23. The number of nitrogens with zero attached hydrogens (tertiary/aromatic N) is 1. The molecule has 2 N–H and O–H groups in total. The molecule has 0 bridgehead atoms. The predicted octanol–water partition coefficient (Wildman–Crippen LogP) is 2.65. The fourth-order valence-electron chi connectivity index (χ4n) is 5.00. The van der Waals surface area contributed by atoms with E-state index in [-0.39, 0.29) is 6.10 Å². The van der Waals surface area contributed by atoms with Crippen molar-refractivity contribution in [1.29, 1.82) is 0 Å². The monoisotopic (exact) mass is 341 g/mol. The van der Waals surface area contributed by atoms with Crippen LogP contribution in [0.4, 0.5) is 0 Å². The van der Waals surface area contributed by atoms with E-state index < -0.39 is 0 Å². The minimum Gasteiger partial charge on any atom is -0.385 e. The Morgan fingerprint density at radius 1 is 1.04 bits per heavy atom. The summed E-state index contributed by atoms with van der Waals surface area (Å²) in [6.45, 7) is 6.32. The zero-order valence-corrected chi connectivity index (χ0v) is 15.7. The molecule has 25 heavy (non-hydrogen) atoms. The highest BCUT2D eigenvalue weighted by atomic mass is 16.3. The molecular weight excluding hydrogens is 308 g/mol. The molecule has 1 fully saturated rings. The zero-order chi connectivity index (χ0) is 17.2. The standard InChI is InChI=1S/C22H32N2O/c1-17-10-11-22-20(14-17)19-8-4-5-9-21(19)24(22)16-18(25)15-23-12-6-2-3-7-13-23/h10-11,14,18,25H,2-9,12-13,15-16H2,1H3/p+1. The van der Waals surface area contributed by atoms with Crippen molar-refractivity contribution in [2.75, 3.05) is 19.6 Å². The van der Waals surface area contributed by atoms with Gasteiger partial charge in [-0.15, -0.1) is 0 Å². The molecule has 1 atom stereocenters. The van der Waals surface area contributed by atoms with Crippen LogP contribution in [0, 0.1) is 6.92 Å². The Balaban J connectivity index is 1.58. The summed E-state index contributed by atoms with van der Waals surface area (Å²) in [4.78, 5) is 1.60. The van der Waals surface area contributed by atoms with Crippen LogP contribution >= 0.6 is 0 Å².